The SMILES string of the molecule is CCn1ncc(C(=O)N2CCCC(C)(Cc3ccc4c(c3)OCO4)C2)c1C. The van der Waals surface area contributed by atoms with Crippen LogP contribution in [0.15, 0.2) is 24.4 Å². The van der Waals surface area contributed by atoms with Crippen LogP contribution < -0.4 is 9.47 Å². The molecule has 4 rings (SSSR count). The van der Waals surface area contributed by atoms with Crippen molar-refractivity contribution >= 4 is 5.91 Å². The molecular weight excluding hydrogens is 342 g/mol. The highest BCUT2D eigenvalue weighted by molar-refractivity contribution is 5.95. The van der Waals surface area contributed by atoms with Gasteiger partial charge < -0.3 is 14.4 Å². The number of hydrogen-bond acceptors (Lipinski definition) is 4. The van der Waals surface area contributed by atoms with Gasteiger partial charge in [-0.3, -0.25) is 9.48 Å². The van der Waals surface area contributed by atoms with Crippen LogP contribution in [0.4, 0.5) is 0 Å². The molecule has 0 radical (unpaired) electrons. The Balaban J connectivity index is 1.49. The number of carbonyl (C=O) groups excluding carboxylic acids is 1. The number of amides is 1. The number of benzene rings is 1. The fourth-order valence-electron chi connectivity index (χ4n) is 4.32. The molecule has 1 aromatic heterocycles. The van der Waals surface area contributed by atoms with Crippen molar-refractivity contribution in [1.82, 2.24) is 14.7 Å². The van der Waals surface area contributed by atoms with Gasteiger partial charge in [-0.15, -0.1) is 0 Å². The van der Waals surface area contributed by atoms with Gasteiger partial charge >= 0.3 is 0 Å². The molecular formula is C21H27N3O3. The van der Waals surface area contributed by atoms with Gasteiger partial charge in [0.1, 0.15) is 0 Å². The number of aryl methyl sites for hydroxylation is 1. The van der Waals surface area contributed by atoms with Crippen LogP contribution in [0.2, 0.25) is 0 Å². The van der Waals surface area contributed by atoms with E-state index in [2.05, 4.69) is 24.2 Å². The minimum Gasteiger partial charge on any atom is -0.454 e. The fourth-order valence-corrected chi connectivity index (χ4v) is 4.32. The Morgan fingerprint density at radius 1 is 1.30 bits per heavy atom. The Bertz CT molecular complexity index is 860. The highest BCUT2D eigenvalue weighted by atomic mass is 16.7. The van der Waals surface area contributed by atoms with Gasteiger partial charge in [-0.05, 0) is 56.2 Å². The summed E-state index contributed by atoms with van der Waals surface area (Å²) in [5.41, 5.74) is 2.96. The first kappa shape index (κ1) is 17.9. The van der Waals surface area contributed by atoms with Crippen molar-refractivity contribution in [3.8, 4) is 11.5 Å². The molecule has 2 aliphatic rings. The molecule has 1 fully saturated rings. The first-order valence-electron chi connectivity index (χ1n) is 9.69. The van der Waals surface area contributed by atoms with Crippen molar-refractivity contribution in [2.45, 2.75) is 46.6 Å². The highest BCUT2D eigenvalue weighted by Gasteiger charge is 2.34. The Labute approximate surface area is 160 Å². The smallest absolute Gasteiger partial charge is 0.257 e. The van der Waals surface area contributed by atoms with E-state index >= 15 is 0 Å². The van der Waals surface area contributed by atoms with Gasteiger partial charge in [0.25, 0.3) is 5.91 Å². The predicted octanol–water partition coefficient (Wildman–Crippen LogP) is 3.43. The van der Waals surface area contributed by atoms with E-state index < -0.39 is 0 Å². The molecule has 0 spiro atoms. The zero-order chi connectivity index (χ0) is 19.0. The van der Waals surface area contributed by atoms with E-state index in [9.17, 15) is 4.79 Å². The molecule has 1 amide bonds. The van der Waals surface area contributed by atoms with Crippen molar-refractivity contribution in [3.05, 3.63) is 41.2 Å². The number of nitrogens with zero attached hydrogens (tertiary/aromatic N) is 3. The molecule has 3 heterocycles. The van der Waals surface area contributed by atoms with Crippen LogP contribution >= 0.6 is 0 Å². The van der Waals surface area contributed by atoms with Gasteiger partial charge in [0.05, 0.1) is 11.8 Å². The predicted molar refractivity (Wildman–Crippen MR) is 102 cm³/mol. The second-order valence-corrected chi connectivity index (χ2v) is 7.96. The van der Waals surface area contributed by atoms with Crippen molar-refractivity contribution in [3.63, 3.8) is 0 Å². The topological polar surface area (TPSA) is 56.6 Å². The standard InChI is InChI=1S/C21H27N3O3/c1-4-24-15(2)17(12-22-24)20(25)23-9-5-8-21(3,13-23)11-16-6-7-18-19(10-16)27-14-26-18/h6-7,10,12H,4-5,8-9,11,13-14H2,1-3H3. The van der Waals surface area contributed by atoms with Crippen LogP contribution in [0, 0.1) is 12.3 Å². The van der Waals surface area contributed by atoms with Crippen LogP contribution in [0.25, 0.3) is 0 Å². The van der Waals surface area contributed by atoms with Crippen LogP contribution in [-0.2, 0) is 13.0 Å². The molecule has 0 bridgehead atoms. The lowest BCUT2D eigenvalue weighted by Gasteiger charge is -2.40. The van der Waals surface area contributed by atoms with E-state index in [1.165, 1.54) is 5.56 Å². The van der Waals surface area contributed by atoms with Crippen molar-refractivity contribution in [2.75, 3.05) is 19.9 Å². The van der Waals surface area contributed by atoms with Crippen LogP contribution in [0.1, 0.15) is 48.3 Å². The lowest BCUT2D eigenvalue weighted by molar-refractivity contribution is 0.0550. The zero-order valence-electron chi connectivity index (χ0n) is 16.3. The number of ether oxygens (including phenoxy) is 2. The number of fused-ring (bicyclic) bond motifs is 1. The van der Waals surface area contributed by atoms with Crippen molar-refractivity contribution < 1.29 is 14.3 Å². The van der Waals surface area contributed by atoms with Crippen molar-refractivity contribution in [1.29, 1.82) is 0 Å². The summed E-state index contributed by atoms with van der Waals surface area (Å²) in [4.78, 5) is 15.1. The van der Waals surface area contributed by atoms with E-state index in [-0.39, 0.29) is 11.3 Å². The van der Waals surface area contributed by atoms with Crippen LogP contribution in [0.3, 0.4) is 0 Å². The first-order valence-corrected chi connectivity index (χ1v) is 9.69. The maximum absolute atomic E-state index is 13.1. The normalized spacial score (nSPS) is 21.5. The van der Waals surface area contributed by atoms with E-state index in [0.29, 0.717) is 6.79 Å². The first-order chi connectivity index (χ1) is 13.0. The van der Waals surface area contributed by atoms with E-state index in [4.69, 9.17) is 9.47 Å². The van der Waals surface area contributed by atoms with E-state index in [1.54, 1.807) is 6.20 Å². The third-order valence-electron chi connectivity index (χ3n) is 5.77. The van der Waals surface area contributed by atoms with Gasteiger partial charge in [0, 0.05) is 25.3 Å². The molecule has 0 saturated carbocycles. The summed E-state index contributed by atoms with van der Waals surface area (Å²) in [6, 6.07) is 6.16. The largest absolute Gasteiger partial charge is 0.454 e. The molecule has 0 aliphatic carbocycles. The molecule has 2 aromatic rings. The van der Waals surface area contributed by atoms with Crippen LogP contribution in [-0.4, -0.2) is 40.5 Å². The molecule has 6 nitrogen and oxygen atoms in total. The third-order valence-corrected chi connectivity index (χ3v) is 5.77. The number of rotatable bonds is 4. The Kier molecular flexibility index (Phi) is 4.58. The van der Waals surface area contributed by atoms with Gasteiger partial charge in [-0.2, -0.15) is 5.10 Å². The molecule has 1 saturated heterocycles. The number of piperidine rings is 1. The van der Waals surface area contributed by atoms with E-state index in [1.807, 2.05) is 29.5 Å². The van der Waals surface area contributed by atoms with Gasteiger partial charge in [0.15, 0.2) is 11.5 Å². The number of carbonyl (C=O) groups is 1. The molecule has 1 atom stereocenters. The Hall–Kier alpha value is -2.50. The number of likely N-dealkylation sites (tertiary alicyclic amines) is 1. The summed E-state index contributed by atoms with van der Waals surface area (Å²) >= 11 is 0. The average molecular weight is 369 g/mol. The molecule has 1 unspecified atom stereocenters. The fraction of sp³-hybridized carbons (Fsp3) is 0.524. The molecule has 144 valence electrons. The van der Waals surface area contributed by atoms with Gasteiger partial charge in [0.2, 0.25) is 6.79 Å². The summed E-state index contributed by atoms with van der Waals surface area (Å²) < 4.78 is 12.8. The maximum atomic E-state index is 13.1. The lowest BCUT2D eigenvalue weighted by atomic mass is 9.76. The summed E-state index contributed by atoms with van der Waals surface area (Å²) in [6.45, 7) is 8.93. The molecule has 6 heteroatoms. The Morgan fingerprint density at radius 2 is 2.11 bits per heavy atom. The summed E-state index contributed by atoms with van der Waals surface area (Å²) in [6.07, 6.45) is 4.76. The lowest BCUT2D eigenvalue weighted by Crippen LogP contribution is -2.45. The van der Waals surface area contributed by atoms with Gasteiger partial charge in [-0.1, -0.05) is 13.0 Å². The van der Waals surface area contributed by atoms with Gasteiger partial charge in [-0.25, -0.2) is 0 Å². The number of hydrogen-bond donors (Lipinski definition) is 0. The minimum absolute atomic E-state index is 0.0518. The minimum atomic E-state index is 0.0518. The summed E-state index contributed by atoms with van der Waals surface area (Å²) in [5.74, 6) is 1.74. The van der Waals surface area contributed by atoms with Crippen molar-refractivity contribution in [2.24, 2.45) is 5.41 Å². The number of aromatic nitrogens is 2. The molecule has 27 heavy (non-hydrogen) atoms. The summed E-state index contributed by atoms with van der Waals surface area (Å²) in [5, 5.41) is 4.33. The van der Waals surface area contributed by atoms with E-state index in [0.717, 1.165) is 61.7 Å². The highest BCUT2D eigenvalue weighted by Crippen LogP contribution is 2.38. The quantitative estimate of drug-likeness (QED) is 0.829. The monoisotopic (exact) mass is 369 g/mol. The second kappa shape index (κ2) is 6.91. The zero-order valence-corrected chi connectivity index (χ0v) is 16.3. The third kappa shape index (κ3) is 3.40. The molecule has 2 aliphatic heterocycles. The summed E-state index contributed by atoms with van der Waals surface area (Å²) in [7, 11) is 0. The molecule has 0 N–H and O–H groups in total. The Morgan fingerprint density at radius 3 is 2.89 bits per heavy atom. The average Bonchev–Trinajstić information content (AvgIpc) is 3.26. The van der Waals surface area contributed by atoms with Crippen LogP contribution in [0.5, 0.6) is 11.5 Å². The maximum Gasteiger partial charge on any atom is 0.257 e. The second-order valence-electron chi connectivity index (χ2n) is 7.96. The molecule has 1 aromatic carbocycles.